The Morgan fingerprint density at radius 3 is 2.38 bits per heavy atom. The third-order valence-electron chi connectivity index (χ3n) is 7.52. The van der Waals surface area contributed by atoms with E-state index in [-0.39, 0.29) is 6.32 Å². The van der Waals surface area contributed by atoms with Crippen molar-refractivity contribution in [2.75, 3.05) is 12.0 Å². The molecule has 3 rings (SSSR count). The Hall–Kier alpha value is -2.01. The molecule has 6 atom stereocenters. The SMILES string of the molecule is CC[C@H](NC(=O)[C@@H](CS(=O)(=O)c1ccc2ccccc2c1)NS(C)(=O)=O)[C@H](O)CC1CCC(C)CC1C.[HH]. The lowest BCUT2D eigenvalue weighted by Crippen LogP contribution is -2.54. The summed E-state index contributed by atoms with van der Waals surface area (Å²) in [5.74, 6) is -0.0360. The van der Waals surface area contributed by atoms with Crippen LogP contribution >= 0.6 is 0 Å². The lowest BCUT2D eigenvalue weighted by atomic mass is 9.73. The molecule has 37 heavy (non-hydrogen) atoms. The molecular formula is C27H42N2O6S2. The van der Waals surface area contributed by atoms with Crippen molar-refractivity contribution in [2.24, 2.45) is 17.8 Å². The molecule has 2 aromatic rings. The van der Waals surface area contributed by atoms with Crippen molar-refractivity contribution in [3.05, 3.63) is 42.5 Å². The van der Waals surface area contributed by atoms with E-state index in [9.17, 15) is 26.7 Å². The lowest BCUT2D eigenvalue weighted by Gasteiger charge is -2.35. The summed E-state index contributed by atoms with van der Waals surface area (Å²) in [6.45, 7) is 6.25. The fourth-order valence-corrected chi connectivity index (χ4v) is 7.67. The number of aliphatic hydroxyl groups excluding tert-OH is 1. The number of carbonyl (C=O) groups is 1. The van der Waals surface area contributed by atoms with Crippen molar-refractivity contribution >= 4 is 36.5 Å². The molecule has 3 N–H and O–H groups in total. The molecule has 2 aromatic carbocycles. The molecule has 1 fully saturated rings. The molecule has 8 nitrogen and oxygen atoms in total. The van der Waals surface area contributed by atoms with E-state index in [1.807, 2.05) is 19.1 Å². The largest absolute Gasteiger partial charge is 0.391 e. The van der Waals surface area contributed by atoms with Gasteiger partial charge in [-0.05, 0) is 66.3 Å². The summed E-state index contributed by atoms with van der Waals surface area (Å²) in [5.41, 5.74) is 0. The number of sulfone groups is 1. The molecule has 0 saturated heterocycles. The monoisotopic (exact) mass is 554 g/mol. The van der Waals surface area contributed by atoms with Gasteiger partial charge < -0.3 is 10.4 Å². The van der Waals surface area contributed by atoms with Gasteiger partial charge >= 0.3 is 0 Å². The first-order valence-corrected chi connectivity index (χ1v) is 16.5. The standard InChI is InChI=1S/C27H40N2O6S2.H2/c1-5-24(26(30)16-21-11-10-18(2)14-19(21)3)28-27(31)25(29-36(4,32)33)17-37(34,35)23-13-12-20-8-6-7-9-22(20)15-23;/h6-9,12-13,15,18-19,21,24-26,29-30H,5,10-11,14,16-17H2,1-4H3,(H,28,31);1H/t18?,19?,21?,24-,25+,26+;/m0./s1. The van der Waals surface area contributed by atoms with Crippen LogP contribution in [0.1, 0.15) is 54.3 Å². The molecule has 1 saturated carbocycles. The number of sulfonamides is 1. The van der Waals surface area contributed by atoms with Crippen LogP contribution in [-0.4, -0.2) is 58.0 Å². The smallest absolute Gasteiger partial charge is 0.239 e. The zero-order valence-electron chi connectivity index (χ0n) is 22.1. The Morgan fingerprint density at radius 1 is 1.08 bits per heavy atom. The molecule has 3 unspecified atom stereocenters. The van der Waals surface area contributed by atoms with Gasteiger partial charge in [-0.15, -0.1) is 0 Å². The van der Waals surface area contributed by atoms with Crippen molar-refractivity contribution in [3.63, 3.8) is 0 Å². The van der Waals surface area contributed by atoms with Gasteiger partial charge in [0, 0.05) is 1.43 Å². The Bertz CT molecular complexity index is 1300. The predicted octanol–water partition coefficient (Wildman–Crippen LogP) is 3.50. The van der Waals surface area contributed by atoms with Gasteiger partial charge in [0.1, 0.15) is 6.04 Å². The van der Waals surface area contributed by atoms with Crippen molar-refractivity contribution in [1.29, 1.82) is 0 Å². The summed E-state index contributed by atoms with van der Waals surface area (Å²) in [4.78, 5) is 13.2. The summed E-state index contributed by atoms with van der Waals surface area (Å²) in [6.07, 6.45) is 4.26. The van der Waals surface area contributed by atoms with E-state index in [0.29, 0.717) is 30.6 Å². The van der Waals surface area contributed by atoms with Crippen LogP contribution < -0.4 is 10.0 Å². The van der Waals surface area contributed by atoms with E-state index in [1.165, 1.54) is 12.1 Å². The molecule has 1 amide bonds. The maximum absolute atomic E-state index is 13.2. The predicted molar refractivity (Wildman–Crippen MR) is 148 cm³/mol. The Morgan fingerprint density at radius 2 is 1.76 bits per heavy atom. The van der Waals surface area contributed by atoms with Crippen molar-refractivity contribution in [3.8, 4) is 0 Å². The molecule has 0 heterocycles. The van der Waals surface area contributed by atoms with Crippen LogP contribution in [0.5, 0.6) is 0 Å². The molecule has 0 spiro atoms. The quantitative estimate of drug-likeness (QED) is 0.390. The minimum atomic E-state index is -4.02. The number of aliphatic hydroxyl groups is 1. The van der Waals surface area contributed by atoms with Crippen LogP contribution in [0.2, 0.25) is 0 Å². The number of hydrogen-bond donors (Lipinski definition) is 3. The highest BCUT2D eigenvalue weighted by Crippen LogP contribution is 2.36. The van der Waals surface area contributed by atoms with Gasteiger partial charge in [0.15, 0.2) is 9.84 Å². The summed E-state index contributed by atoms with van der Waals surface area (Å²) in [7, 11) is -7.91. The van der Waals surface area contributed by atoms with E-state index in [4.69, 9.17) is 0 Å². The van der Waals surface area contributed by atoms with E-state index < -0.39 is 49.7 Å². The van der Waals surface area contributed by atoms with Crippen LogP contribution in [0.4, 0.5) is 0 Å². The van der Waals surface area contributed by atoms with Crippen LogP contribution in [0.15, 0.2) is 47.4 Å². The van der Waals surface area contributed by atoms with Gasteiger partial charge in [0.05, 0.1) is 29.0 Å². The van der Waals surface area contributed by atoms with E-state index in [0.717, 1.165) is 36.3 Å². The highest BCUT2D eigenvalue weighted by molar-refractivity contribution is 7.91. The Kier molecular flexibility index (Phi) is 9.77. The number of rotatable bonds is 11. The normalized spacial score (nSPS) is 23.3. The molecule has 0 bridgehead atoms. The van der Waals surface area contributed by atoms with Crippen LogP contribution in [-0.2, 0) is 24.7 Å². The van der Waals surface area contributed by atoms with Crippen molar-refractivity contribution < 1.29 is 28.2 Å². The van der Waals surface area contributed by atoms with E-state index in [2.05, 4.69) is 23.9 Å². The molecule has 10 heteroatoms. The summed E-state index contributed by atoms with van der Waals surface area (Å²) >= 11 is 0. The third-order valence-corrected chi connectivity index (χ3v) is 9.98. The zero-order valence-corrected chi connectivity index (χ0v) is 23.7. The van der Waals surface area contributed by atoms with Crippen molar-refractivity contribution in [2.45, 2.75) is 76.0 Å². The first-order chi connectivity index (χ1) is 17.3. The number of hydrogen-bond acceptors (Lipinski definition) is 6. The maximum Gasteiger partial charge on any atom is 0.239 e. The first kappa shape index (κ1) is 29.5. The number of nitrogens with one attached hydrogen (secondary N) is 2. The lowest BCUT2D eigenvalue weighted by molar-refractivity contribution is -0.124. The maximum atomic E-state index is 13.2. The van der Waals surface area contributed by atoms with Gasteiger partial charge in [0.25, 0.3) is 0 Å². The third kappa shape index (κ3) is 8.24. The fourth-order valence-electron chi connectivity index (χ4n) is 5.40. The number of amides is 1. The number of benzene rings is 2. The van der Waals surface area contributed by atoms with E-state index >= 15 is 0 Å². The molecule has 0 radical (unpaired) electrons. The highest BCUT2D eigenvalue weighted by Gasteiger charge is 2.34. The second kappa shape index (κ2) is 12.2. The van der Waals surface area contributed by atoms with Crippen LogP contribution in [0.25, 0.3) is 10.8 Å². The summed E-state index contributed by atoms with van der Waals surface area (Å²) < 4.78 is 52.7. The van der Waals surface area contributed by atoms with Gasteiger partial charge in [0.2, 0.25) is 15.9 Å². The number of carbonyl (C=O) groups excluding carboxylic acids is 1. The Balaban J connectivity index is 0.00000507. The van der Waals surface area contributed by atoms with Crippen LogP contribution in [0.3, 0.4) is 0 Å². The molecule has 1 aliphatic rings. The van der Waals surface area contributed by atoms with Crippen molar-refractivity contribution in [1.82, 2.24) is 10.0 Å². The topological polar surface area (TPSA) is 130 Å². The highest BCUT2D eigenvalue weighted by atomic mass is 32.2. The first-order valence-electron chi connectivity index (χ1n) is 13.0. The van der Waals surface area contributed by atoms with Crippen LogP contribution in [0, 0.1) is 17.8 Å². The molecule has 208 valence electrons. The van der Waals surface area contributed by atoms with Gasteiger partial charge in [-0.3, -0.25) is 4.79 Å². The molecule has 1 aliphatic carbocycles. The molecular weight excluding hydrogens is 512 g/mol. The number of fused-ring (bicyclic) bond motifs is 1. The average molecular weight is 555 g/mol. The minimum Gasteiger partial charge on any atom is -0.391 e. The Labute approximate surface area is 222 Å². The average Bonchev–Trinajstić information content (AvgIpc) is 2.82. The van der Waals surface area contributed by atoms with Gasteiger partial charge in [-0.1, -0.05) is 57.5 Å². The molecule has 0 aliphatic heterocycles. The van der Waals surface area contributed by atoms with E-state index in [1.54, 1.807) is 18.2 Å². The summed E-state index contributed by atoms with van der Waals surface area (Å²) in [5, 5.41) is 15.3. The van der Waals surface area contributed by atoms with Gasteiger partial charge in [-0.25, -0.2) is 21.6 Å². The second-order valence-corrected chi connectivity index (χ2v) is 14.5. The van der Waals surface area contributed by atoms with Gasteiger partial charge in [-0.2, -0.15) is 0 Å². The summed E-state index contributed by atoms with van der Waals surface area (Å²) in [6, 6.07) is 9.78. The second-order valence-electron chi connectivity index (χ2n) is 10.7. The fraction of sp³-hybridized carbons (Fsp3) is 0.593. The zero-order chi connectivity index (χ0) is 27.4. The minimum absolute atomic E-state index is 0. The molecule has 0 aromatic heterocycles.